The van der Waals surface area contributed by atoms with E-state index in [-0.39, 0.29) is 6.04 Å². The lowest BCUT2D eigenvalue weighted by Gasteiger charge is -2.41. The van der Waals surface area contributed by atoms with Gasteiger partial charge in [0.15, 0.2) is 17.0 Å². The highest BCUT2D eigenvalue weighted by molar-refractivity contribution is 5.78. The summed E-state index contributed by atoms with van der Waals surface area (Å²) in [4.78, 5) is 18.4. The molecule has 1 fully saturated rings. The SMILES string of the molecule is C[C@](O)(CN1CCN(C(c2ccccc2)c2ccccc2)CC1)Cn1cnc2c(-n3cccc3)ncnc21. The van der Waals surface area contributed by atoms with E-state index in [1.165, 1.54) is 11.1 Å². The van der Waals surface area contributed by atoms with Gasteiger partial charge in [-0.25, -0.2) is 15.0 Å². The molecule has 194 valence electrons. The lowest BCUT2D eigenvalue weighted by atomic mass is 9.96. The van der Waals surface area contributed by atoms with Crippen LogP contribution in [0.4, 0.5) is 0 Å². The summed E-state index contributed by atoms with van der Waals surface area (Å²) in [6, 6.07) is 25.6. The average molecular weight is 508 g/mol. The highest BCUT2D eigenvalue weighted by Crippen LogP contribution is 2.30. The predicted molar refractivity (Wildman–Crippen MR) is 148 cm³/mol. The zero-order valence-electron chi connectivity index (χ0n) is 21.6. The molecule has 5 aromatic rings. The van der Waals surface area contributed by atoms with E-state index in [2.05, 4.69) is 85.4 Å². The second kappa shape index (κ2) is 10.5. The van der Waals surface area contributed by atoms with Crippen LogP contribution in [0.3, 0.4) is 0 Å². The van der Waals surface area contributed by atoms with E-state index in [0.29, 0.717) is 13.1 Å². The van der Waals surface area contributed by atoms with Crippen molar-refractivity contribution >= 4 is 11.2 Å². The van der Waals surface area contributed by atoms with Crippen molar-refractivity contribution in [2.45, 2.75) is 25.1 Å². The smallest absolute Gasteiger partial charge is 0.168 e. The molecule has 0 bridgehead atoms. The molecule has 1 aliphatic heterocycles. The van der Waals surface area contributed by atoms with Crippen LogP contribution in [0.5, 0.6) is 0 Å². The number of nitrogens with zero attached hydrogens (tertiary/aromatic N) is 7. The monoisotopic (exact) mass is 507 g/mol. The van der Waals surface area contributed by atoms with Crippen molar-refractivity contribution in [1.82, 2.24) is 33.9 Å². The molecule has 0 saturated carbocycles. The molecule has 6 rings (SSSR count). The molecule has 0 spiro atoms. The lowest BCUT2D eigenvalue weighted by Crippen LogP contribution is -2.52. The molecule has 0 unspecified atom stereocenters. The van der Waals surface area contributed by atoms with E-state index in [9.17, 15) is 5.11 Å². The van der Waals surface area contributed by atoms with Crippen molar-refractivity contribution < 1.29 is 5.11 Å². The van der Waals surface area contributed by atoms with Crippen molar-refractivity contribution in [3.63, 3.8) is 0 Å². The highest BCUT2D eigenvalue weighted by Gasteiger charge is 2.31. The van der Waals surface area contributed by atoms with Gasteiger partial charge in [0.05, 0.1) is 24.5 Å². The molecule has 0 radical (unpaired) electrons. The number of hydrogen-bond acceptors (Lipinski definition) is 6. The minimum Gasteiger partial charge on any atom is -0.387 e. The van der Waals surface area contributed by atoms with Gasteiger partial charge in [-0.15, -0.1) is 0 Å². The molecule has 0 aliphatic carbocycles. The normalized spacial score (nSPS) is 16.7. The standard InChI is InChI=1S/C30H33N7O/c1-30(38,21-37-23-33-26-28(31-22-32-29(26)37)36-14-8-9-15-36)20-34-16-18-35(19-17-34)27(24-10-4-2-5-11-24)25-12-6-3-7-13-25/h2-15,22-23,27,38H,16-21H2,1H3/t30-/m0/s1. The Morgan fingerprint density at radius 3 is 2.05 bits per heavy atom. The second-order valence-corrected chi connectivity index (χ2v) is 10.4. The Morgan fingerprint density at radius 2 is 1.42 bits per heavy atom. The van der Waals surface area contributed by atoms with Crippen LogP contribution in [-0.2, 0) is 6.54 Å². The van der Waals surface area contributed by atoms with Gasteiger partial charge >= 0.3 is 0 Å². The van der Waals surface area contributed by atoms with Crippen molar-refractivity contribution in [2.24, 2.45) is 0 Å². The molecular formula is C30H33N7O. The van der Waals surface area contributed by atoms with Crippen molar-refractivity contribution in [2.75, 3.05) is 32.7 Å². The van der Waals surface area contributed by atoms with Gasteiger partial charge in [0, 0.05) is 45.1 Å². The van der Waals surface area contributed by atoms with Gasteiger partial charge in [-0.2, -0.15) is 0 Å². The zero-order chi connectivity index (χ0) is 26.0. The first-order valence-electron chi connectivity index (χ1n) is 13.2. The van der Waals surface area contributed by atoms with Crippen LogP contribution in [0.2, 0.25) is 0 Å². The Hall–Kier alpha value is -3.85. The summed E-state index contributed by atoms with van der Waals surface area (Å²) in [6.07, 6.45) is 7.19. The van der Waals surface area contributed by atoms with Crippen molar-refractivity contribution in [3.05, 3.63) is 109 Å². The zero-order valence-corrected chi connectivity index (χ0v) is 21.6. The quantitative estimate of drug-likeness (QED) is 0.345. The Labute approximate surface area is 222 Å². The molecule has 1 saturated heterocycles. The Balaban J connectivity index is 1.13. The molecule has 3 aromatic heterocycles. The van der Waals surface area contributed by atoms with E-state index in [1.54, 1.807) is 12.7 Å². The number of fused-ring (bicyclic) bond motifs is 1. The van der Waals surface area contributed by atoms with Crippen LogP contribution in [0.15, 0.2) is 97.8 Å². The Kier molecular flexibility index (Phi) is 6.76. The van der Waals surface area contributed by atoms with E-state index in [4.69, 9.17) is 0 Å². The van der Waals surface area contributed by atoms with Crippen LogP contribution in [0, 0.1) is 0 Å². The van der Waals surface area contributed by atoms with Gasteiger partial charge in [0.1, 0.15) is 6.33 Å². The minimum absolute atomic E-state index is 0.228. The van der Waals surface area contributed by atoms with Gasteiger partial charge in [-0.1, -0.05) is 60.7 Å². The van der Waals surface area contributed by atoms with E-state index in [1.807, 2.05) is 40.6 Å². The fraction of sp³-hybridized carbons (Fsp3) is 0.300. The summed E-state index contributed by atoms with van der Waals surface area (Å²) in [5, 5.41) is 11.4. The third-order valence-corrected chi connectivity index (χ3v) is 7.31. The second-order valence-electron chi connectivity index (χ2n) is 10.4. The van der Waals surface area contributed by atoms with Gasteiger partial charge in [0.25, 0.3) is 0 Å². The number of piperazine rings is 1. The largest absolute Gasteiger partial charge is 0.387 e. The van der Waals surface area contributed by atoms with Crippen LogP contribution in [-0.4, -0.2) is 77.3 Å². The van der Waals surface area contributed by atoms with Crippen LogP contribution in [0.25, 0.3) is 17.0 Å². The van der Waals surface area contributed by atoms with E-state index in [0.717, 1.165) is 43.2 Å². The molecule has 1 aliphatic rings. The molecule has 1 atom stereocenters. The summed E-state index contributed by atoms with van der Waals surface area (Å²) >= 11 is 0. The maximum Gasteiger partial charge on any atom is 0.168 e. The maximum absolute atomic E-state index is 11.4. The molecule has 0 amide bonds. The van der Waals surface area contributed by atoms with Crippen molar-refractivity contribution in [3.8, 4) is 5.82 Å². The van der Waals surface area contributed by atoms with E-state index >= 15 is 0 Å². The molecule has 8 nitrogen and oxygen atoms in total. The van der Waals surface area contributed by atoms with Gasteiger partial charge in [-0.3, -0.25) is 9.80 Å². The fourth-order valence-electron chi connectivity index (χ4n) is 5.61. The summed E-state index contributed by atoms with van der Waals surface area (Å²) in [6.45, 7) is 6.56. The molecular weight excluding hydrogens is 474 g/mol. The first-order chi connectivity index (χ1) is 18.6. The third kappa shape index (κ3) is 5.11. The number of benzene rings is 2. The van der Waals surface area contributed by atoms with Gasteiger partial charge < -0.3 is 14.2 Å². The summed E-state index contributed by atoms with van der Waals surface area (Å²) in [5.41, 5.74) is 3.13. The molecule has 2 aromatic carbocycles. The Bertz CT molecular complexity index is 1420. The van der Waals surface area contributed by atoms with Crippen LogP contribution < -0.4 is 0 Å². The first-order valence-corrected chi connectivity index (χ1v) is 13.2. The van der Waals surface area contributed by atoms with Crippen molar-refractivity contribution in [1.29, 1.82) is 0 Å². The molecule has 4 heterocycles. The number of hydrogen-bond donors (Lipinski definition) is 1. The van der Waals surface area contributed by atoms with E-state index < -0.39 is 5.60 Å². The van der Waals surface area contributed by atoms with Crippen LogP contribution >= 0.6 is 0 Å². The third-order valence-electron chi connectivity index (χ3n) is 7.31. The summed E-state index contributed by atoms with van der Waals surface area (Å²) in [5.74, 6) is 0.737. The fourth-order valence-corrected chi connectivity index (χ4v) is 5.61. The molecule has 8 heteroatoms. The summed E-state index contributed by atoms with van der Waals surface area (Å²) in [7, 11) is 0. The topological polar surface area (TPSA) is 75.2 Å². The number of aliphatic hydroxyl groups is 1. The predicted octanol–water partition coefficient (Wildman–Crippen LogP) is 3.78. The number of aromatic nitrogens is 5. The Morgan fingerprint density at radius 1 is 0.789 bits per heavy atom. The lowest BCUT2D eigenvalue weighted by molar-refractivity contribution is -0.0103. The number of imidazole rings is 1. The molecule has 38 heavy (non-hydrogen) atoms. The first kappa shape index (κ1) is 24.5. The van der Waals surface area contributed by atoms with Gasteiger partial charge in [-0.05, 0) is 30.2 Å². The molecule has 1 N–H and O–H groups in total. The highest BCUT2D eigenvalue weighted by atomic mass is 16.3. The number of β-amino-alcohol motifs (C(OH)–C–C–N with tert-alkyl or cyclic N) is 1. The van der Waals surface area contributed by atoms with Crippen LogP contribution in [0.1, 0.15) is 24.1 Å². The summed E-state index contributed by atoms with van der Waals surface area (Å²) < 4.78 is 3.86. The minimum atomic E-state index is -0.938. The average Bonchev–Trinajstić information content (AvgIpc) is 3.62. The number of rotatable bonds is 8. The van der Waals surface area contributed by atoms with Gasteiger partial charge in [0.2, 0.25) is 0 Å². The maximum atomic E-state index is 11.4.